The molecule has 0 spiro atoms. The van der Waals surface area contributed by atoms with Crippen LogP contribution in [0.5, 0.6) is 0 Å². The molecule has 1 aliphatic heterocycles. The molecule has 0 bridgehead atoms. The summed E-state index contributed by atoms with van der Waals surface area (Å²) in [4.78, 5) is 0. The molecule has 0 amide bonds. The summed E-state index contributed by atoms with van der Waals surface area (Å²) in [7, 11) is -3.33. The lowest BCUT2D eigenvalue weighted by molar-refractivity contribution is 0.519. The Hall–Kier alpha value is -1.42. The highest BCUT2D eigenvalue weighted by Crippen LogP contribution is 2.12. The maximum absolute atomic E-state index is 12.0. The third-order valence-electron chi connectivity index (χ3n) is 3.45. The van der Waals surface area contributed by atoms with E-state index in [0.29, 0.717) is 23.6 Å². The largest absolute Gasteiger partial charge is 0.316 e. The molecule has 1 aromatic rings. The second kappa shape index (κ2) is 6.84. The topological polar surface area (TPSA) is 82.0 Å². The van der Waals surface area contributed by atoms with E-state index >= 15 is 0 Å². The zero-order chi connectivity index (χ0) is 14.4. The van der Waals surface area contributed by atoms with Crippen molar-refractivity contribution in [1.29, 1.82) is 5.26 Å². The summed E-state index contributed by atoms with van der Waals surface area (Å²) in [6.45, 7) is 2.48. The van der Waals surface area contributed by atoms with Crippen LogP contribution in [-0.2, 0) is 15.8 Å². The van der Waals surface area contributed by atoms with Crippen LogP contribution in [0.25, 0.3) is 0 Å². The lowest BCUT2D eigenvalue weighted by atomic mass is 10.1. The lowest BCUT2D eigenvalue weighted by Gasteiger charge is -2.10. The van der Waals surface area contributed by atoms with Gasteiger partial charge in [-0.25, -0.2) is 13.1 Å². The van der Waals surface area contributed by atoms with E-state index in [1.54, 1.807) is 24.3 Å². The lowest BCUT2D eigenvalue weighted by Crippen LogP contribution is -2.27. The molecule has 1 heterocycles. The van der Waals surface area contributed by atoms with E-state index in [1.807, 2.05) is 6.07 Å². The van der Waals surface area contributed by atoms with Crippen molar-refractivity contribution in [3.05, 3.63) is 35.4 Å². The van der Waals surface area contributed by atoms with Gasteiger partial charge in [0.2, 0.25) is 10.0 Å². The molecule has 2 N–H and O–H groups in total. The Morgan fingerprint density at radius 1 is 1.45 bits per heavy atom. The Morgan fingerprint density at radius 2 is 2.30 bits per heavy atom. The van der Waals surface area contributed by atoms with Gasteiger partial charge >= 0.3 is 0 Å². The van der Waals surface area contributed by atoms with Crippen molar-refractivity contribution in [1.82, 2.24) is 10.0 Å². The first-order chi connectivity index (χ1) is 9.59. The van der Waals surface area contributed by atoms with E-state index in [4.69, 9.17) is 5.26 Å². The molecule has 1 unspecified atom stereocenters. The van der Waals surface area contributed by atoms with E-state index < -0.39 is 10.0 Å². The third kappa shape index (κ3) is 4.60. The maximum Gasteiger partial charge on any atom is 0.215 e. The number of benzene rings is 1. The predicted octanol–water partition coefficient (Wildman–Crippen LogP) is 0.977. The van der Waals surface area contributed by atoms with Crippen molar-refractivity contribution in [3.8, 4) is 6.07 Å². The van der Waals surface area contributed by atoms with Gasteiger partial charge in [-0.3, -0.25) is 0 Å². The fraction of sp³-hybridized carbons (Fsp3) is 0.500. The average molecular weight is 293 g/mol. The van der Waals surface area contributed by atoms with Crippen LogP contribution in [0, 0.1) is 17.2 Å². The van der Waals surface area contributed by atoms with Crippen LogP contribution < -0.4 is 10.0 Å². The fourth-order valence-electron chi connectivity index (χ4n) is 2.38. The highest BCUT2D eigenvalue weighted by molar-refractivity contribution is 7.88. The molecule has 0 saturated carbocycles. The highest BCUT2D eigenvalue weighted by atomic mass is 32.2. The van der Waals surface area contributed by atoms with Crippen LogP contribution in [0.1, 0.15) is 24.0 Å². The SMILES string of the molecule is N#Cc1cccc(CS(=O)(=O)NCCC2CCNC2)c1. The van der Waals surface area contributed by atoms with Crippen molar-refractivity contribution in [2.75, 3.05) is 19.6 Å². The van der Waals surface area contributed by atoms with Crippen LogP contribution in [0.2, 0.25) is 0 Å². The fourth-order valence-corrected chi connectivity index (χ4v) is 3.53. The summed E-state index contributed by atoms with van der Waals surface area (Å²) in [5, 5.41) is 12.1. The van der Waals surface area contributed by atoms with Gasteiger partial charge in [0.1, 0.15) is 0 Å². The predicted molar refractivity (Wildman–Crippen MR) is 77.4 cm³/mol. The molecule has 6 heteroatoms. The first kappa shape index (κ1) is 15.0. The van der Waals surface area contributed by atoms with Crippen molar-refractivity contribution >= 4 is 10.0 Å². The first-order valence-corrected chi connectivity index (χ1v) is 8.41. The van der Waals surface area contributed by atoms with Crippen molar-refractivity contribution in [2.24, 2.45) is 5.92 Å². The number of rotatable bonds is 6. The smallest absolute Gasteiger partial charge is 0.215 e. The van der Waals surface area contributed by atoms with Crippen LogP contribution in [-0.4, -0.2) is 28.1 Å². The van der Waals surface area contributed by atoms with Gasteiger partial charge in [0.05, 0.1) is 17.4 Å². The molecule has 1 atom stereocenters. The molecule has 1 fully saturated rings. The van der Waals surface area contributed by atoms with Gasteiger partial charge in [-0.1, -0.05) is 12.1 Å². The number of nitrogens with one attached hydrogen (secondary N) is 2. The van der Waals surface area contributed by atoms with Gasteiger partial charge in [-0.15, -0.1) is 0 Å². The molecule has 20 heavy (non-hydrogen) atoms. The molecule has 2 rings (SSSR count). The van der Waals surface area contributed by atoms with Crippen molar-refractivity contribution < 1.29 is 8.42 Å². The van der Waals surface area contributed by atoms with Gasteiger partial charge in [0, 0.05) is 6.54 Å². The number of nitrogens with zero attached hydrogens (tertiary/aromatic N) is 1. The highest BCUT2D eigenvalue weighted by Gasteiger charge is 2.16. The van der Waals surface area contributed by atoms with E-state index in [9.17, 15) is 8.42 Å². The molecule has 1 aliphatic rings. The summed E-state index contributed by atoms with van der Waals surface area (Å²) in [5.41, 5.74) is 1.12. The van der Waals surface area contributed by atoms with Gasteiger partial charge in [0.15, 0.2) is 0 Å². The van der Waals surface area contributed by atoms with E-state index in [0.717, 1.165) is 25.9 Å². The quantitative estimate of drug-likeness (QED) is 0.819. The summed E-state index contributed by atoms with van der Waals surface area (Å²) < 4.78 is 26.6. The number of hydrogen-bond acceptors (Lipinski definition) is 4. The maximum atomic E-state index is 12.0. The summed E-state index contributed by atoms with van der Waals surface area (Å²) in [6, 6.07) is 8.71. The molecule has 0 radical (unpaired) electrons. The monoisotopic (exact) mass is 293 g/mol. The molecule has 108 valence electrons. The van der Waals surface area contributed by atoms with Crippen molar-refractivity contribution in [3.63, 3.8) is 0 Å². The Balaban J connectivity index is 1.85. The summed E-state index contributed by atoms with van der Waals surface area (Å²) in [6.07, 6.45) is 1.98. The molecule has 0 aromatic heterocycles. The van der Waals surface area contributed by atoms with Crippen LogP contribution in [0.15, 0.2) is 24.3 Å². The van der Waals surface area contributed by atoms with Gasteiger partial charge < -0.3 is 5.32 Å². The molecule has 0 aliphatic carbocycles. The Labute approximate surface area is 120 Å². The Bertz CT molecular complexity index is 587. The normalized spacial score (nSPS) is 18.9. The summed E-state index contributed by atoms with van der Waals surface area (Å²) in [5.74, 6) is 0.491. The minimum atomic E-state index is -3.33. The third-order valence-corrected chi connectivity index (χ3v) is 4.81. The van der Waals surface area contributed by atoms with Gasteiger partial charge in [0.25, 0.3) is 0 Å². The standard InChI is InChI=1S/C14H19N3O2S/c15-9-13-2-1-3-14(8-13)11-20(18,19)17-7-5-12-4-6-16-10-12/h1-3,8,12,16-17H,4-7,10-11H2. The number of hydrogen-bond donors (Lipinski definition) is 2. The molecular formula is C14H19N3O2S. The minimum absolute atomic E-state index is 0.0779. The van der Waals surface area contributed by atoms with Gasteiger partial charge in [-0.2, -0.15) is 5.26 Å². The van der Waals surface area contributed by atoms with E-state index in [-0.39, 0.29) is 5.75 Å². The molecule has 1 saturated heterocycles. The minimum Gasteiger partial charge on any atom is -0.316 e. The van der Waals surface area contributed by atoms with Crippen LogP contribution in [0.3, 0.4) is 0 Å². The van der Waals surface area contributed by atoms with Crippen molar-refractivity contribution in [2.45, 2.75) is 18.6 Å². The second-order valence-corrected chi connectivity index (χ2v) is 6.92. The van der Waals surface area contributed by atoms with Crippen LogP contribution >= 0.6 is 0 Å². The zero-order valence-electron chi connectivity index (χ0n) is 11.3. The van der Waals surface area contributed by atoms with Gasteiger partial charge in [-0.05, 0) is 49.5 Å². The number of sulfonamides is 1. The number of nitriles is 1. The molecule has 5 nitrogen and oxygen atoms in total. The second-order valence-electron chi connectivity index (χ2n) is 5.11. The average Bonchev–Trinajstić information content (AvgIpc) is 2.91. The van der Waals surface area contributed by atoms with Crippen LogP contribution in [0.4, 0.5) is 0 Å². The van der Waals surface area contributed by atoms with E-state index in [2.05, 4.69) is 10.0 Å². The summed E-state index contributed by atoms with van der Waals surface area (Å²) >= 11 is 0. The zero-order valence-corrected chi connectivity index (χ0v) is 12.1. The Kier molecular flexibility index (Phi) is 5.12. The molecular weight excluding hydrogens is 274 g/mol. The molecule has 1 aromatic carbocycles. The Morgan fingerprint density at radius 3 is 3.00 bits per heavy atom. The van der Waals surface area contributed by atoms with E-state index in [1.165, 1.54) is 0 Å². The first-order valence-electron chi connectivity index (χ1n) is 6.76.